The number of carbonyl (C=O) groups is 2. The number of amides is 2. The number of ether oxygens (including phenoxy) is 5. The molecule has 3 rings (SSSR count). The van der Waals surface area contributed by atoms with Crippen molar-refractivity contribution in [1.29, 1.82) is 0 Å². The molecule has 2 aromatic carbocycles. The van der Waals surface area contributed by atoms with Crippen molar-refractivity contribution in [3.63, 3.8) is 0 Å². The van der Waals surface area contributed by atoms with Gasteiger partial charge in [0.1, 0.15) is 0 Å². The summed E-state index contributed by atoms with van der Waals surface area (Å²) in [4.78, 5) is 27.2. The average molecular weight is 529 g/mol. The van der Waals surface area contributed by atoms with Crippen LogP contribution in [0.3, 0.4) is 0 Å². The number of nitrogens with zero attached hydrogens (tertiary/aromatic N) is 1. The maximum absolute atomic E-state index is 14.1. The predicted octanol–water partition coefficient (Wildman–Crippen LogP) is 4.73. The van der Waals surface area contributed by atoms with Gasteiger partial charge < -0.3 is 34.3 Å². The monoisotopic (exact) mass is 528 g/mol. The molecule has 1 aliphatic rings. The second kappa shape index (κ2) is 14.4. The summed E-state index contributed by atoms with van der Waals surface area (Å²) < 4.78 is 28.5. The van der Waals surface area contributed by atoms with Crippen LogP contribution in [0.5, 0.6) is 28.7 Å². The van der Waals surface area contributed by atoms with Crippen LogP contribution in [0.4, 0.5) is 0 Å². The van der Waals surface area contributed by atoms with Crippen LogP contribution in [0.25, 0.3) is 0 Å². The van der Waals surface area contributed by atoms with Gasteiger partial charge in [0.2, 0.25) is 5.75 Å². The first-order valence-corrected chi connectivity index (χ1v) is 13.4. The van der Waals surface area contributed by atoms with Gasteiger partial charge in [0, 0.05) is 18.2 Å². The second-order valence-electron chi connectivity index (χ2n) is 9.07. The van der Waals surface area contributed by atoms with Crippen molar-refractivity contribution in [3.8, 4) is 28.7 Å². The van der Waals surface area contributed by atoms with E-state index in [1.165, 1.54) is 13.5 Å². The van der Waals surface area contributed by atoms with Gasteiger partial charge in [-0.15, -0.1) is 0 Å². The third-order valence-corrected chi connectivity index (χ3v) is 6.38. The third-order valence-electron chi connectivity index (χ3n) is 6.38. The second-order valence-corrected chi connectivity index (χ2v) is 9.07. The van der Waals surface area contributed by atoms with E-state index in [-0.39, 0.29) is 18.6 Å². The maximum atomic E-state index is 14.1. The van der Waals surface area contributed by atoms with Crippen LogP contribution < -0.4 is 29.4 Å². The highest BCUT2D eigenvalue weighted by Crippen LogP contribution is 2.40. The van der Waals surface area contributed by atoms with Gasteiger partial charge >= 0.3 is 0 Å². The minimum Gasteiger partial charge on any atom is -0.493 e. The summed E-state index contributed by atoms with van der Waals surface area (Å²) in [6.45, 7) is 7.13. The molecule has 0 spiro atoms. The van der Waals surface area contributed by atoms with E-state index in [4.69, 9.17) is 29.4 Å². The molecule has 2 amide bonds. The van der Waals surface area contributed by atoms with E-state index in [1.54, 1.807) is 18.2 Å². The fourth-order valence-corrected chi connectivity index (χ4v) is 4.71. The Morgan fingerprint density at radius 2 is 1.47 bits per heavy atom. The minimum atomic E-state index is -0.571. The number of hydrogen-bond acceptors (Lipinski definition) is 7. The van der Waals surface area contributed by atoms with Crippen molar-refractivity contribution >= 4 is 11.8 Å². The van der Waals surface area contributed by atoms with Crippen LogP contribution in [0.2, 0.25) is 0 Å². The molecule has 0 saturated heterocycles. The Morgan fingerprint density at radius 1 is 0.842 bits per heavy atom. The Bertz CT molecular complexity index is 1060. The van der Waals surface area contributed by atoms with Crippen molar-refractivity contribution in [2.24, 2.45) is 5.73 Å². The first kappa shape index (κ1) is 28.9. The first-order valence-electron chi connectivity index (χ1n) is 13.4. The largest absolute Gasteiger partial charge is 0.493 e. The normalized spacial score (nSPS) is 13.5. The van der Waals surface area contributed by atoms with E-state index in [0.717, 1.165) is 31.2 Å². The number of methoxy groups -OCH3 is 1. The van der Waals surface area contributed by atoms with E-state index in [2.05, 4.69) is 0 Å². The molecule has 0 heterocycles. The van der Waals surface area contributed by atoms with E-state index >= 15 is 0 Å². The van der Waals surface area contributed by atoms with E-state index < -0.39 is 5.91 Å². The summed E-state index contributed by atoms with van der Waals surface area (Å²) in [5.41, 5.74) is 6.58. The first-order chi connectivity index (χ1) is 18.4. The summed E-state index contributed by atoms with van der Waals surface area (Å²) >= 11 is 0. The lowest BCUT2D eigenvalue weighted by molar-refractivity contribution is -0.119. The molecule has 0 unspecified atom stereocenters. The fraction of sp³-hybridized carbons (Fsp3) is 0.517. The van der Waals surface area contributed by atoms with Gasteiger partial charge in [-0.3, -0.25) is 9.59 Å². The van der Waals surface area contributed by atoms with Gasteiger partial charge in [-0.25, -0.2) is 0 Å². The lowest BCUT2D eigenvalue weighted by Crippen LogP contribution is -2.41. The molecule has 38 heavy (non-hydrogen) atoms. The van der Waals surface area contributed by atoms with Crippen LogP contribution in [0.1, 0.15) is 68.8 Å². The van der Waals surface area contributed by atoms with Crippen LogP contribution >= 0.6 is 0 Å². The highest BCUT2D eigenvalue weighted by atomic mass is 16.5. The fourth-order valence-electron chi connectivity index (χ4n) is 4.71. The molecule has 9 nitrogen and oxygen atoms in total. The quantitative estimate of drug-likeness (QED) is 0.377. The molecule has 208 valence electrons. The number of rotatable bonds is 14. The molecule has 0 atom stereocenters. The zero-order valence-electron chi connectivity index (χ0n) is 22.9. The minimum absolute atomic E-state index is 0.102. The molecule has 2 N–H and O–H groups in total. The Hall–Kier alpha value is -3.62. The predicted molar refractivity (Wildman–Crippen MR) is 144 cm³/mol. The highest BCUT2D eigenvalue weighted by Gasteiger charge is 2.29. The van der Waals surface area contributed by atoms with Crippen LogP contribution in [0.15, 0.2) is 30.3 Å². The van der Waals surface area contributed by atoms with Crippen molar-refractivity contribution < 1.29 is 33.3 Å². The van der Waals surface area contributed by atoms with Crippen molar-refractivity contribution in [1.82, 2.24) is 4.90 Å². The summed E-state index contributed by atoms with van der Waals surface area (Å²) in [6.07, 6.45) is 5.21. The maximum Gasteiger partial charge on any atom is 0.255 e. The smallest absolute Gasteiger partial charge is 0.255 e. The Morgan fingerprint density at radius 3 is 2.03 bits per heavy atom. The molecule has 9 heteroatoms. The van der Waals surface area contributed by atoms with Gasteiger partial charge in [-0.2, -0.15) is 0 Å². The zero-order valence-corrected chi connectivity index (χ0v) is 22.9. The molecule has 1 saturated carbocycles. The third kappa shape index (κ3) is 7.46. The lowest BCUT2D eigenvalue weighted by Gasteiger charge is -2.35. The van der Waals surface area contributed by atoms with E-state index in [0.29, 0.717) is 60.7 Å². The summed E-state index contributed by atoms with van der Waals surface area (Å²) in [5.74, 6) is 1.70. The molecule has 1 fully saturated rings. The Kier molecular flexibility index (Phi) is 10.9. The number of hydrogen-bond donors (Lipinski definition) is 1. The number of nitrogens with two attached hydrogens (primary N) is 1. The Labute approximate surface area is 225 Å². The molecule has 1 aliphatic carbocycles. The number of primary amides is 1. The molecule has 0 bridgehead atoms. The summed E-state index contributed by atoms with van der Waals surface area (Å²) in [5, 5.41) is 0. The van der Waals surface area contributed by atoms with Crippen LogP contribution in [-0.4, -0.2) is 56.3 Å². The van der Waals surface area contributed by atoms with Gasteiger partial charge in [0.25, 0.3) is 11.8 Å². The number of benzene rings is 2. The Balaban J connectivity index is 1.98. The molecule has 0 aromatic heterocycles. The zero-order chi connectivity index (χ0) is 27.5. The number of carbonyl (C=O) groups excluding carboxylic acids is 2. The standard InChI is InChI=1S/C29H40N2O7/c1-5-35-25-16-21(17-26(36-6-2)28(25)37-7-3)29(33)31(22-11-9-8-10-12-22)18-20-13-14-23(24(15-20)34-4)38-19-27(30)32/h13-17,22H,5-12,18-19H2,1-4H3,(H2,30,32). The summed E-state index contributed by atoms with van der Waals surface area (Å²) in [7, 11) is 1.53. The van der Waals surface area contributed by atoms with Crippen LogP contribution in [-0.2, 0) is 11.3 Å². The SMILES string of the molecule is CCOc1cc(C(=O)N(Cc2ccc(OCC(N)=O)c(OC)c2)C2CCCCC2)cc(OCC)c1OCC. The van der Waals surface area contributed by atoms with Crippen LogP contribution in [0, 0.1) is 0 Å². The summed E-state index contributed by atoms with van der Waals surface area (Å²) in [6, 6.07) is 9.03. The van der Waals surface area contributed by atoms with Gasteiger partial charge in [0.05, 0.1) is 26.9 Å². The topological polar surface area (TPSA) is 110 Å². The lowest BCUT2D eigenvalue weighted by atomic mass is 9.93. The molecular formula is C29H40N2O7. The van der Waals surface area contributed by atoms with Crippen molar-refractivity contribution in [2.45, 2.75) is 65.5 Å². The molecule has 0 radical (unpaired) electrons. The van der Waals surface area contributed by atoms with Crippen molar-refractivity contribution in [3.05, 3.63) is 41.5 Å². The van der Waals surface area contributed by atoms with E-state index in [1.807, 2.05) is 37.8 Å². The molecular weight excluding hydrogens is 488 g/mol. The highest BCUT2D eigenvalue weighted by molar-refractivity contribution is 5.96. The average Bonchev–Trinajstić information content (AvgIpc) is 2.92. The molecule has 0 aliphatic heterocycles. The van der Waals surface area contributed by atoms with Gasteiger partial charge in [0.15, 0.2) is 29.6 Å². The van der Waals surface area contributed by atoms with E-state index in [9.17, 15) is 9.59 Å². The van der Waals surface area contributed by atoms with Gasteiger partial charge in [-0.1, -0.05) is 25.3 Å². The van der Waals surface area contributed by atoms with Crippen molar-refractivity contribution in [2.75, 3.05) is 33.5 Å². The van der Waals surface area contributed by atoms with Gasteiger partial charge in [-0.05, 0) is 63.4 Å². The molecule has 2 aromatic rings.